The number of hydrogen-bond acceptors (Lipinski definition) is 3. The van der Waals surface area contributed by atoms with Gasteiger partial charge in [-0.15, -0.1) is 0 Å². The predicted octanol–water partition coefficient (Wildman–Crippen LogP) is 3.84. The van der Waals surface area contributed by atoms with Gasteiger partial charge in [-0.3, -0.25) is 20.4 Å². The van der Waals surface area contributed by atoms with E-state index in [1.807, 2.05) is 26.0 Å². The number of hydrazine groups is 1. The van der Waals surface area contributed by atoms with Crippen LogP contribution in [0.3, 0.4) is 0 Å². The zero-order valence-electron chi connectivity index (χ0n) is 14.0. The number of benzene rings is 2. The summed E-state index contributed by atoms with van der Waals surface area (Å²) in [6.45, 7) is 5.48. The summed E-state index contributed by atoms with van der Waals surface area (Å²) in [6.07, 6.45) is -0.783. The second kappa shape index (κ2) is 8.23. The number of nitrogens with one attached hydrogen (secondary N) is 2. The normalized spacial score (nSPS) is 11.6. The van der Waals surface area contributed by atoms with Crippen molar-refractivity contribution in [2.75, 3.05) is 0 Å². The van der Waals surface area contributed by atoms with E-state index in [0.29, 0.717) is 10.8 Å². The Morgan fingerprint density at radius 2 is 1.76 bits per heavy atom. The number of rotatable bonds is 4. The lowest BCUT2D eigenvalue weighted by Crippen LogP contribution is -2.47. The van der Waals surface area contributed by atoms with E-state index in [2.05, 4.69) is 10.9 Å². The lowest BCUT2D eigenvalue weighted by atomic mass is 10.1. The number of aryl methyl sites for hydroxylation is 1. The van der Waals surface area contributed by atoms with Crippen LogP contribution in [-0.2, 0) is 4.79 Å². The molecule has 2 aromatic carbocycles. The van der Waals surface area contributed by atoms with Gasteiger partial charge in [0, 0.05) is 5.56 Å². The zero-order chi connectivity index (χ0) is 18.6. The molecule has 0 heterocycles. The fourth-order valence-electron chi connectivity index (χ4n) is 2.03. The van der Waals surface area contributed by atoms with E-state index in [1.54, 1.807) is 13.0 Å². The molecule has 2 rings (SSSR count). The average molecular weight is 381 g/mol. The van der Waals surface area contributed by atoms with Crippen molar-refractivity contribution in [1.82, 2.24) is 10.9 Å². The van der Waals surface area contributed by atoms with E-state index in [9.17, 15) is 9.59 Å². The summed E-state index contributed by atoms with van der Waals surface area (Å²) in [5.74, 6) is -0.362. The fourth-order valence-corrected chi connectivity index (χ4v) is 2.32. The maximum atomic E-state index is 12.1. The number of halogens is 2. The molecule has 0 spiro atoms. The van der Waals surface area contributed by atoms with E-state index in [-0.39, 0.29) is 10.6 Å². The van der Waals surface area contributed by atoms with Crippen LogP contribution >= 0.6 is 23.2 Å². The van der Waals surface area contributed by atoms with Crippen molar-refractivity contribution < 1.29 is 14.3 Å². The van der Waals surface area contributed by atoms with Crippen LogP contribution in [0.5, 0.6) is 5.75 Å². The van der Waals surface area contributed by atoms with Crippen molar-refractivity contribution in [2.24, 2.45) is 0 Å². The number of amides is 2. The largest absolute Gasteiger partial charge is 0.481 e. The number of hydrogen-bond donors (Lipinski definition) is 2. The molecule has 1 atom stereocenters. The Morgan fingerprint density at radius 3 is 2.44 bits per heavy atom. The van der Waals surface area contributed by atoms with Crippen molar-refractivity contribution >= 4 is 35.0 Å². The smallest absolute Gasteiger partial charge is 0.279 e. The molecule has 7 heteroatoms. The molecular formula is C18H18Cl2N2O3. The van der Waals surface area contributed by atoms with E-state index in [4.69, 9.17) is 27.9 Å². The highest BCUT2D eigenvalue weighted by molar-refractivity contribution is 6.42. The zero-order valence-corrected chi connectivity index (χ0v) is 15.5. The van der Waals surface area contributed by atoms with Gasteiger partial charge in [0.15, 0.2) is 6.10 Å². The first-order valence-electron chi connectivity index (χ1n) is 7.57. The van der Waals surface area contributed by atoms with Crippen molar-refractivity contribution in [2.45, 2.75) is 26.9 Å². The molecule has 25 heavy (non-hydrogen) atoms. The lowest BCUT2D eigenvalue weighted by molar-refractivity contribution is -0.128. The molecule has 2 aromatic rings. The second-order valence-electron chi connectivity index (χ2n) is 5.53. The second-order valence-corrected chi connectivity index (χ2v) is 6.34. The first-order valence-corrected chi connectivity index (χ1v) is 8.33. The van der Waals surface area contributed by atoms with Crippen LogP contribution in [0.4, 0.5) is 0 Å². The molecule has 0 aliphatic heterocycles. The third-order valence-corrected chi connectivity index (χ3v) is 4.45. The number of carbonyl (C=O) groups is 2. The standard InChI is InChI=1S/C18H18Cl2N2O3/c1-10-5-4-6-16(11(10)2)25-12(3)17(23)21-22-18(24)13-7-8-14(19)15(20)9-13/h4-9,12H,1-3H3,(H,21,23)(H,22,24)/t12-/m1/s1. The molecule has 0 saturated heterocycles. The van der Waals surface area contributed by atoms with Crippen LogP contribution in [0, 0.1) is 13.8 Å². The summed E-state index contributed by atoms with van der Waals surface area (Å²) >= 11 is 11.7. The van der Waals surface area contributed by atoms with Gasteiger partial charge in [0.05, 0.1) is 10.0 Å². The summed E-state index contributed by atoms with van der Waals surface area (Å²) in [5.41, 5.74) is 6.95. The Morgan fingerprint density at radius 1 is 1.04 bits per heavy atom. The van der Waals surface area contributed by atoms with E-state index < -0.39 is 17.9 Å². The molecule has 0 bridgehead atoms. The SMILES string of the molecule is Cc1cccc(O[C@H](C)C(=O)NNC(=O)c2ccc(Cl)c(Cl)c2)c1C. The summed E-state index contributed by atoms with van der Waals surface area (Å²) in [4.78, 5) is 24.1. The Hall–Kier alpha value is -2.24. The molecule has 0 aliphatic carbocycles. The van der Waals surface area contributed by atoms with Crippen molar-refractivity contribution in [3.05, 3.63) is 63.1 Å². The molecule has 0 radical (unpaired) electrons. The minimum atomic E-state index is -0.783. The van der Waals surface area contributed by atoms with E-state index in [1.165, 1.54) is 18.2 Å². The quantitative estimate of drug-likeness (QED) is 0.791. The van der Waals surface area contributed by atoms with Gasteiger partial charge in [-0.05, 0) is 56.2 Å². The monoisotopic (exact) mass is 380 g/mol. The van der Waals surface area contributed by atoms with E-state index >= 15 is 0 Å². The highest BCUT2D eigenvalue weighted by Gasteiger charge is 2.17. The lowest BCUT2D eigenvalue weighted by Gasteiger charge is -2.17. The Kier molecular flexibility index (Phi) is 6.28. The van der Waals surface area contributed by atoms with Crippen molar-refractivity contribution in [3.63, 3.8) is 0 Å². The van der Waals surface area contributed by atoms with Crippen LogP contribution in [0.15, 0.2) is 36.4 Å². The van der Waals surface area contributed by atoms with Gasteiger partial charge in [0.25, 0.3) is 11.8 Å². The average Bonchev–Trinajstić information content (AvgIpc) is 2.58. The van der Waals surface area contributed by atoms with Crippen molar-refractivity contribution in [1.29, 1.82) is 0 Å². The number of carbonyl (C=O) groups excluding carboxylic acids is 2. The molecule has 0 aromatic heterocycles. The van der Waals surface area contributed by atoms with Crippen LogP contribution in [0.1, 0.15) is 28.4 Å². The molecule has 0 aliphatic rings. The first-order chi connectivity index (χ1) is 11.8. The van der Waals surface area contributed by atoms with E-state index in [0.717, 1.165) is 11.1 Å². The summed E-state index contributed by atoms with van der Waals surface area (Å²) in [6, 6.07) is 10.0. The van der Waals surface area contributed by atoms with Gasteiger partial charge in [-0.25, -0.2) is 0 Å². The summed E-state index contributed by atoms with van der Waals surface area (Å²) < 4.78 is 5.66. The van der Waals surface area contributed by atoms with Gasteiger partial charge in [-0.1, -0.05) is 35.3 Å². The first kappa shape index (κ1) is 19.1. The molecule has 2 N–H and O–H groups in total. The van der Waals surface area contributed by atoms with Crippen LogP contribution in [0.2, 0.25) is 10.0 Å². The maximum absolute atomic E-state index is 12.1. The topological polar surface area (TPSA) is 67.4 Å². The molecule has 132 valence electrons. The maximum Gasteiger partial charge on any atom is 0.279 e. The van der Waals surface area contributed by atoms with Gasteiger partial charge < -0.3 is 4.74 Å². The molecule has 2 amide bonds. The Bertz CT molecular complexity index is 809. The summed E-state index contributed by atoms with van der Waals surface area (Å²) in [7, 11) is 0. The predicted molar refractivity (Wildman–Crippen MR) is 98.1 cm³/mol. The van der Waals surface area contributed by atoms with Crippen LogP contribution < -0.4 is 15.6 Å². The van der Waals surface area contributed by atoms with Crippen LogP contribution in [-0.4, -0.2) is 17.9 Å². The minimum Gasteiger partial charge on any atom is -0.481 e. The Balaban J connectivity index is 1.93. The van der Waals surface area contributed by atoms with Crippen molar-refractivity contribution in [3.8, 4) is 5.75 Å². The molecule has 5 nitrogen and oxygen atoms in total. The highest BCUT2D eigenvalue weighted by atomic mass is 35.5. The van der Waals surface area contributed by atoms with Gasteiger partial charge in [0.1, 0.15) is 5.75 Å². The third kappa shape index (κ3) is 4.87. The van der Waals surface area contributed by atoms with Crippen LogP contribution in [0.25, 0.3) is 0 Å². The Labute approximate surface area is 156 Å². The minimum absolute atomic E-state index is 0.257. The number of ether oxygens (including phenoxy) is 1. The summed E-state index contributed by atoms with van der Waals surface area (Å²) in [5, 5.41) is 0.602. The van der Waals surface area contributed by atoms with Gasteiger partial charge in [-0.2, -0.15) is 0 Å². The molecule has 0 saturated carbocycles. The van der Waals surface area contributed by atoms with Gasteiger partial charge in [0.2, 0.25) is 0 Å². The van der Waals surface area contributed by atoms with Gasteiger partial charge >= 0.3 is 0 Å². The third-order valence-electron chi connectivity index (χ3n) is 3.71. The molecule has 0 fully saturated rings. The molecule has 0 unspecified atom stereocenters. The highest BCUT2D eigenvalue weighted by Crippen LogP contribution is 2.23. The molecular weight excluding hydrogens is 363 g/mol. The fraction of sp³-hybridized carbons (Fsp3) is 0.222.